The highest BCUT2D eigenvalue weighted by molar-refractivity contribution is 7.10. The average Bonchev–Trinajstić information content (AvgIpc) is 2.60. The number of thiophene rings is 1. The Morgan fingerprint density at radius 3 is 3.08 bits per heavy atom. The third-order valence-corrected chi connectivity index (χ3v) is 2.64. The summed E-state index contributed by atoms with van der Waals surface area (Å²) in [5, 5.41) is 14.0. The molecule has 1 aromatic heterocycles. The van der Waals surface area contributed by atoms with E-state index < -0.39 is 0 Å². The Bertz CT molecular complexity index is 268. The minimum absolute atomic E-state index is 0.148. The van der Waals surface area contributed by atoms with Crippen LogP contribution in [0.25, 0.3) is 6.08 Å². The summed E-state index contributed by atoms with van der Waals surface area (Å²) in [5.41, 5.74) is 1.19. The van der Waals surface area contributed by atoms with E-state index in [0.29, 0.717) is 0 Å². The Morgan fingerprint density at radius 1 is 1.62 bits per heavy atom. The fourth-order valence-corrected chi connectivity index (χ4v) is 1.73. The van der Waals surface area contributed by atoms with Crippen molar-refractivity contribution in [2.45, 2.75) is 13.0 Å². The molecule has 0 bridgehead atoms. The molecule has 3 heteroatoms. The Morgan fingerprint density at radius 2 is 2.46 bits per heavy atom. The SMILES string of the molecule is CNCCC=Cc1csc(CO)c1. The molecule has 0 aliphatic heterocycles. The molecule has 0 fully saturated rings. The fraction of sp³-hybridized carbons (Fsp3) is 0.400. The van der Waals surface area contributed by atoms with Gasteiger partial charge in [-0.1, -0.05) is 12.2 Å². The highest BCUT2D eigenvalue weighted by Gasteiger charge is 1.93. The van der Waals surface area contributed by atoms with E-state index in [1.165, 1.54) is 5.56 Å². The lowest BCUT2D eigenvalue weighted by Gasteiger charge is -1.90. The summed E-state index contributed by atoms with van der Waals surface area (Å²) < 4.78 is 0. The maximum Gasteiger partial charge on any atom is 0.0774 e. The van der Waals surface area contributed by atoms with Crippen LogP contribution in [-0.2, 0) is 6.61 Å². The largest absolute Gasteiger partial charge is 0.391 e. The molecule has 0 atom stereocenters. The van der Waals surface area contributed by atoms with Gasteiger partial charge in [0.25, 0.3) is 0 Å². The number of hydrogen-bond acceptors (Lipinski definition) is 3. The Hall–Kier alpha value is -0.640. The van der Waals surface area contributed by atoms with Crippen LogP contribution in [0, 0.1) is 0 Å². The zero-order valence-electron chi connectivity index (χ0n) is 7.79. The van der Waals surface area contributed by atoms with Crippen molar-refractivity contribution >= 4 is 17.4 Å². The molecule has 0 aliphatic rings. The van der Waals surface area contributed by atoms with Crippen LogP contribution in [0.4, 0.5) is 0 Å². The van der Waals surface area contributed by atoms with Gasteiger partial charge in [-0.3, -0.25) is 0 Å². The predicted octanol–water partition coefficient (Wildman–Crippen LogP) is 1.86. The lowest BCUT2D eigenvalue weighted by molar-refractivity contribution is 0.285. The third kappa shape index (κ3) is 3.72. The molecule has 0 radical (unpaired) electrons. The van der Waals surface area contributed by atoms with Crippen molar-refractivity contribution in [1.82, 2.24) is 5.32 Å². The van der Waals surface area contributed by atoms with Crippen LogP contribution in [0.1, 0.15) is 16.9 Å². The summed E-state index contributed by atoms with van der Waals surface area (Å²) in [4.78, 5) is 1.02. The zero-order chi connectivity index (χ0) is 9.52. The van der Waals surface area contributed by atoms with E-state index in [-0.39, 0.29) is 6.61 Å². The van der Waals surface area contributed by atoms with Crippen LogP contribution in [-0.4, -0.2) is 18.7 Å². The monoisotopic (exact) mass is 197 g/mol. The van der Waals surface area contributed by atoms with Crippen LogP contribution in [0.5, 0.6) is 0 Å². The van der Waals surface area contributed by atoms with Gasteiger partial charge < -0.3 is 10.4 Å². The third-order valence-electron chi connectivity index (χ3n) is 1.70. The summed E-state index contributed by atoms with van der Waals surface area (Å²) >= 11 is 1.60. The van der Waals surface area contributed by atoms with Gasteiger partial charge in [0.2, 0.25) is 0 Å². The van der Waals surface area contributed by atoms with E-state index in [1.807, 2.05) is 13.1 Å². The standard InChI is InChI=1S/C10H15NOS/c1-11-5-3-2-4-9-6-10(7-12)13-8-9/h2,4,6,8,11-12H,3,5,7H2,1H3. The summed E-state index contributed by atoms with van der Waals surface area (Å²) in [6.45, 7) is 1.16. The molecule has 0 unspecified atom stereocenters. The van der Waals surface area contributed by atoms with E-state index in [9.17, 15) is 0 Å². The van der Waals surface area contributed by atoms with Crippen LogP contribution in [0.2, 0.25) is 0 Å². The molecule has 13 heavy (non-hydrogen) atoms. The lowest BCUT2D eigenvalue weighted by atomic mass is 10.2. The molecule has 0 aromatic carbocycles. The molecule has 0 saturated heterocycles. The van der Waals surface area contributed by atoms with Crippen molar-refractivity contribution in [3.63, 3.8) is 0 Å². The van der Waals surface area contributed by atoms with Gasteiger partial charge >= 0.3 is 0 Å². The van der Waals surface area contributed by atoms with Gasteiger partial charge in [-0.25, -0.2) is 0 Å². The van der Waals surface area contributed by atoms with Gasteiger partial charge in [-0.2, -0.15) is 0 Å². The van der Waals surface area contributed by atoms with E-state index >= 15 is 0 Å². The fourth-order valence-electron chi connectivity index (χ4n) is 1.02. The van der Waals surface area contributed by atoms with Gasteiger partial charge in [-0.05, 0) is 37.0 Å². The van der Waals surface area contributed by atoms with Gasteiger partial charge in [0.05, 0.1) is 6.61 Å². The molecule has 2 nitrogen and oxygen atoms in total. The molecule has 0 spiro atoms. The predicted molar refractivity (Wildman–Crippen MR) is 57.8 cm³/mol. The molecule has 1 heterocycles. The second-order valence-corrected chi connectivity index (χ2v) is 3.79. The van der Waals surface area contributed by atoms with E-state index in [4.69, 9.17) is 5.11 Å². The van der Waals surface area contributed by atoms with Crippen molar-refractivity contribution in [2.24, 2.45) is 0 Å². The average molecular weight is 197 g/mol. The normalized spacial score (nSPS) is 11.2. The molecular weight excluding hydrogens is 182 g/mol. The summed E-state index contributed by atoms with van der Waals surface area (Å²) in [7, 11) is 1.95. The minimum atomic E-state index is 0.148. The van der Waals surface area contributed by atoms with E-state index in [1.54, 1.807) is 11.3 Å². The summed E-state index contributed by atoms with van der Waals surface area (Å²) in [6.07, 6.45) is 5.27. The van der Waals surface area contributed by atoms with Crippen LogP contribution in [0.3, 0.4) is 0 Å². The lowest BCUT2D eigenvalue weighted by Crippen LogP contribution is -2.05. The Labute approximate surface area is 82.9 Å². The molecular formula is C10H15NOS. The summed E-state index contributed by atoms with van der Waals surface area (Å²) in [6, 6.07) is 2.01. The van der Waals surface area contributed by atoms with Crippen LogP contribution >= 0.6 is 11.3 Å². The number of aliphatic hydroxyl groups is 1. The highest BCUT2D eigenvalue weighted by atomic mass is 32.1. The van der Waals surface area contributed by atoms with Crippen LogP contribution in [0.15, 0.2) is 17.5 Å². The smallest absolute Gasteiger partial charge is 0.0774 e. The molecule has 1 rings (SSSR count). The van der Waals surface area contributed by atoms with Crippen molar-refractivity contribution in [3.05, 3.63) is 28.0 Å². The van der Waals surface area contributed by atoms with Gasteiger partial charge in [0.15, 0.2) is 0 Å². The van der Waals surface area contributed by atoms with Crippen LogP contribution < -0.4 is 5.32 Å². The Kier molecular flexibility index (Phi) is 4.75. The minimum Gasteiger partial charge on any atom is -0.391 e. The van der Waals surface area contributed by atoms with E-state index in [2.05, 4.69) is 22.8 Å². The van der Waals surface area contributed by atoms with E-state index in [0.717, 1.165) is 17.8 Å². The molecule has 0 saturated carbocycles. The number of aliphatic hydroxyl groups excluding tert-OH is 1. The summed E-state index contributed by atoms with van der Waals surface area (Å²) in [5.74, 6) is 0. The number of nitrogens with one attached hydrogen (secondary N) is 1. The highest BCUT2D eigenvalue weighted by Crippen LogP contribution is 2.15. The van der Waals surface area contributed by atoms with Crippen molar-refractivity contribution in [2.75, 3.05) is 13.6 Å². The second-order valence-electron chi connectivity index (χ2n) is 2.80. The second kappa shape index (κ2) is 5.91. The first-order chi connectivity index (χ1) is 6.36. The first-order valence-corrected chi connectivity index (χ1v) is 5.24. The van der Waals surface area contributed by atoms with Crippen molar-refractivity contribution < 1.29 is 5.11 Å². The molecule has 0 aliphatic carbocycles. The number of rotatable bonds is 5. The van der Waals surface area contributed by atoms with Crippen molar-refractivity contribution in [1.29, 1.82) is 0 Å². The first-order valence-electron chi connectivity index (χ1n) is 4.36. The maximum absolute atomic E-state index is 8.84. The molecule has 2 N–H and O–H groups in total. The molecule has 1 aromatic rings. The molecule has 72 valence electrons. The zero-order valence-corrected chi connectivity index (χ0v) is 8.60. The topological polar surface area (TPSA) is 32.3 Å². The van der Waals surface area contributed by atoms with Gasteiger partial charge in [0.1, 0.15) is 0 Å². The maximum atomic E-state index is 8.84. The Balaban J connectivity index is 2.39. The van der Waals surface area contributed by atoms with Crippen molar-refractivity contribution in [3.8, 4) is 0 Å². The molecule has 0 amide bonds. The van der Waals surface area contributed by atoms with Gasteiger partial charge in [0, 0.05) is 4.88 Å². The first kappa shape index (κ1) is 10.4. The quantitative estimate of drug-likeness (QED) is 0.706. The van der Waals surface area contributed by atoms with Gasteiger partial charge in [-0.15, -0.1) is 11.3 Å². The number of hydrogen-bond donors (Lipinski definition) is 2.